The van der Waals surface area contributed by atoms with Crippen LogP contribution in [0.15, 0.2) is 0 Å². The minimum atomic E-state index is -1.01. The van der Waals surface area contributed by atoms with Crippen LogP contribution in [0.3, 0.4) is 0 Å². The van der Waals surface area contributed by atoms with Crippen molar-refractivity contribution in [1.82, 2.24) is 0 Å². The first-order valence-electron chi connectivity index (χ1n) is 10.3. The molecule has 4 unspecified atom stereocenters. The summed E-state index contributed by atoms with van der Waals surface area (Å²) in [4.78, 5) is 12.6. The Bertz CT molecular complexity index is 562. The zero-order valence-electron chi connectivity index (χ0n) is 15.8. The lowest BCUT2D eigenvalue weighted by Gasteiger charge is -2.62. The quantitative estimate of drug-likeness (QED) is 0.679. The second kappa shape index (κ2) is 5.77. The molecule has 3 N–H and O–H groups in total. The Morgan fingerprint density at radius 3 is 2.36 bits per heavy atom. The van der Waals surface area contributed by atoms with Crippen LogP contribution in [0.1, 0.15) is 65.7 Å². The van der Waals surface area contributed by atoms with Crippen LogP contribution in [0, 0.1) is 40.4 Å². The summed E-state index contributed by atoms with van der Waals surface area (Å²) < 4.78 is 0. The van der Waals surface area contributed by atoms with Crippen LogP contribution in [0.4, 0.5) is 0 Å². The minimum absolute atomic E-state index is 0.0654. The van der Waals surface area contributed by atoms with Crippen molar-refractivity contribution in [2.75, 3.05) is 0 Å². The smallest absolute Gasteiger partial charge is 0.136 e. The molecule has 142 valence electrons. The predicted molar refractivity (Wildman–Crippen MR) is 94.7 cm³/mol. The van der Waals surface area contributed by atoms with Gasteiger partial charge in [-0.3, -0.25) is 4.79 Å². The summed E-state index contributed by atoms with van der Waals surface area (Å²) in [6, 6.07) is 0. The number of hydrogen-bond acceptors (Lipinski definition) is 4. The summed E-state index contributed by atoms with van der Waals surface area (Å²) in [5.41, 5.74) is 0.0112. The van der Waals surface area contributed by atoms with Crippen molar-refractivity contribution < 1.29 is 20.1 Å². The topological polar surface area (TPSA) is 77.8 Å². The van der Waals surface area contributed by atoms with Gasteiger partial charge in [-0.15, -0.1) is 0 Å². The summed E-state index contributed by atoms with van der Waals surface area (Å²) in [5.74, 6) is 2.17. The lowest BCUT2D eigenvalue weighted by molar-refractivity contribution is -0.207. The zero-order valence-corrected chi connectivity index (χ0v) is 15.8. The van der Waals surface area contributed by atoms with Crippen molar-refractivity contribution in [3.8, 4) is 0 Å². The summed E-state index contributed by atoms with van der Waals surface area (Å²) in [6.07, 6.45) is 3.71. The fourth-order valence-corrected chi connectivity index (χ4v) is 7.97. The van der Waals surface area contributed by atoms with Gasteiger partial charge in [-0.2, -0.15) is 0 Å². The third-order valence-corrected chi connectivity index (χ3v) is 9.20. The van der Waals surface area contributed by atoms with Gasteiger partial charge in [0.25, 0.3) is 0 Å². The number of Topliss-reactive ketones (excluding diaryl/α,β-unsaturated/α-hetero) is 1. The first kappa shape index (κ1) is 17.9. The molecule has 0 aliphatic heterocycles. The van der Waals surface area contributed by atoms with Crippen LogP contribution in [0.5, 0.6) is 0 Å². The number of aliphatic hydroxyl groups excluding tert-OH is 3. The van der Waals surface area contributed by atoms with Crippen LogP contribution in [0.25, 0.3) is 0 Å². The van der Waals surface area contributed by atoms with Crippen LogP contribution in [-0.2, 0) is 4.79 Å². The zero-order chi connectivity index (χ0) is 18.1. The van der Waals surface area contributed by atoms with E-state index in [0.717, 1.165) is 38.5 Å². The van der Waals surface area contributed by atoms with Crippen molar-refractivity contribution in [3.63, 3.8) is 0 Å². The van der Waals surface area contributed by atoms with Crippen molar-refractivity contribution >= 4 is 5.78 Å². The number of carbonyl (C=O) groups excluding carboxylic acids is 1. The van der Waals surface area contributed by atoms with Crippen LogP contribution in [-0.4, -0.2) is 39.4 Å². The molecular weight excluding hydrogens is 316 g/mol. The maximum absolute atomic E-state index is 12.6. The second-order valence-electron chi connectivity index (χ2n) is 9.99. The Morgan fingerprint density at radius 1 is 0.960 bits per heavy atom. The third-order valence-electron chi connectivity index (χ3n) is 9.20. The van der Waals surface area contributed by atoms with Gasteiger partial charge in [0, 0.05) is 12.3 Å². The lowest BCUT2D eigenvalue weighted by Crippen LogP contribution is -2.61. The van der Waals surface area contributed by atoms with Crippen molar-refractivity contribution in [2.45, 2.75) is 84.0 Å². The SMILES string of the molecule is CC[C@H]1C(=O)C[C@H]2[C@@H]3CCC4C(O)C(O)C(O)C[C@]4(C)[C@H]3CC[C@]12C. The molecule has 4 rings (SSSR count). The van der Waals surface area contributed by atoms with Gasteiger partial charge in [0.15, 0.2) is 0 Å². The molecule has 4 aliphatic carbocycles. The molecule has 0 amide bonds. The van der Waals surface area contributed by atoms with E-state index < -0.39 is 18.3 Å². The highest BCUT2D eigenvalue weighted by Gasteiger charge is 2.63. The van der Waals surface area contributed by atoms with E-state index >= 15 is 0 Å². The first-order chi connectivity index (χ1) is 11.7. The molecule has 0 aromatic carbocycles. The summed E-state index contributed by atoms with van der Waals surface area (Å²) >= 11 is 0. The summed E-state index contributed by atoms with van der Waals surface area (Å²) in [6.45, 7) is 6.72. The number of hydrogen-bond donors (Lipinski definition) is 3. The number of fused-ring (bicyclic) bond motifs is 5. The van der Waals surface area contributed by atoms with Crippen molar-refractivity contribution in [3.05, 3.63) is 0 Å². The molecule has 4 saturated carbocycles. The normalized spacial score (nSPS) is 58.4. The van der Waals surface area contributed by atoms with E-state index in [1.807, 2.05) is 0 Å². The first-order valence-corrected chi connectivity index (χ1v) is 10.3. The molecular formula is C21H34O4. The van der Waals surface area contributed by atoms with E-state index in [9.17, 15) is 20.1 Å². The highest BCUT2D eigenvalue weighted by atomic mass is 16.4. The summed E-state index contributed by atoms with van der Waals surface area (Å²) in [5, 5.41) is 31.1. The minimum Gasteiger partial charge on any atom is -0.390 e. The monoisotopic (exact) mass is 350 g/mol. The molecule has 4 aliphatic rings. The second-order valence-corrected chi connectivity index (χ2v) is 9.99. The van der Waals surface area contributed by atoms with E-state index in [1.165, 1.54) is 0 Å². The van der Waals surface area contributed by atoms with Gasteiger partial charge in [-0.25, -0.2) is 0 Å². The maximum atomic E-state index is 12.6. The van der Waals surface area contributed by atoms with Gasteiger partial charge in [-0.1, -0.05) is 20.8 Å². The van der Waals surface area contributed by atoms with E-state index in [4.69, 9.17) is 0 Å². The molecule has 4 fully saturated rings. The fraction of sp³-hybridized carbons (Fsp3) is 0.952. The Labute approximate surface area is 151 Å². The van der Waals surface area contributed by atoms with Crippen LogP contribution < -0.4 is 0 Å². The average Bonchev–Trinajstić information content (AvgIpc) is 2.82. The molecule has 4 nitrogen and oxygen atoms in total. The maximum Gasteiger partial charge on any atom is 0.136 e. The molecule has 0 aromatic heterocycles. The van der Waals surface area contributed by atoms with E-state index in [1.54, 1.807) is 0 Å². The summed E-state index contributed by atoms with van der Waals surface area (Å²) in [7, 11) is 0. The highest BCUT2D eigenvalue weighted by molar-refractivity contribution is 5.84. The molecule has 10 atom stereocenters. The van der Waals surface area contributed by atoms with Crippen molar-refractivity contribution in [1.29, 1.82) is 0 Å². The molecule has 0 heterocycles. The van der Waals surface area contributed by atoms with Crippen LogP contribution in [0.2, 0.25) is 0 Å². The van der Waals surface area contributed by atoms with Gasteiger partial charge in [0.05, 0.1) is 12.2 Å². The number of carbonyl (C=O) groups is 1. The fourth-order valence-electron chi connectivity index (χ4n) is 7.97. The Hall–Kier alpha value is -0.450. The van der Waals surface area contributed by atoms with Gasteiger partial charge >= 0.3 is 0 Å². The number of rotatable bonds is 1. The van der Waals surface area contributed by atoms with Gasteiger partial charge in [0.2, 0.25) is 0 Å². The van der Waals surface area contributed by atoms with Gasteiger partial charge < -0.3 is 15.3 Å². The lowest BCUT2D eigenvalue weighted by atomic mass is 9.44. The molecule has 0 saturated heterocycles. The van der Waals surface area contributed by atoms with E-state index in [0.29, 0.717) is 30.0 Å². The average molecular weight is 350 g/mol. The Balaban J connectivity index is 1.66. The van der Waals surface area contributed by atoms with E-state index in [2.05, 4.69) is 20.8 Å². The Kier molecular flexibility index (Phi) is 4.14. The molecule has 0 spiro atoms. The molecule has 4 heteroatoms. The predicted octanol–water partition coefficient (Wildman–Crippen LogP) is 2.54. The van der Waals surface area contributed by atoms with Crippen molar-refractivity contribution in [2.24, 2.45) is 40.4 Å². The molecule has 25 heavy (non-hydrogen) atoms. The van der Waals surface area contributed by atoms with E-state index in [-0.39, 0.29) is 22.7 Å². The largest absolute Gasteiger partial charge is 0.390 e. The highest BCUT2D eigenvalue weighted by Crippen LogP contribution is 2.67. The van der Waals surface area contributed by atoms with Gasteiger partial charge in [0.1, 0.15) is 11.9 Å². The standard InChI is InChI=1S/C21H34O4/c1-4-12-16(22)9-15-11-5-6-14-18(24)19(25)17(23)10-21(14,3)13(11)7-8-20(12,15)2/h11-15,17-19,23-25H,4-10H2,1-3H3/t11-,12+,13+,14?,15+,17?,18?,19?,20-,21-/m1/s1. The molecule has 0 bridgehead atoms. The Morgan fingerprint density at radius 2 is 1.68 bits per heavy atom. The molecule has 0 aromatic rings. The van der Waals surface area contributed by atoms with Crippen LogP contribution >= 0.6 is 0 Å². The van der Waals surface area contributed by atoms with Gasteiger partial charge in [-0.05, 0) is 73.0 Å². The molecule has 0 radical (unpaired) electrons. The number of ketones is 1. The third kappa shape index (κ3) is 2.26. The number of aliphatic hydroxyl groups is 3.